The van der Waals surface area contributed by atoms with E-state index in [1.807, 2.05) is 0 Å². The molecule has 5 heteroatoms. The number of benzene rings is 1. The predicted octanol–water partition coefficient (Wildman–Crippen LogP) is 1.31. The van der Waals surface area contributed by atoms with E-state index in [1.54, 1.807) is 30.3 Å². The van der Waals surface area contributed by atoms with Crippen LogP contribution in [0.5, 0.6) is 0 Å². The molecule has 0 bridgehead atoms. The smallest absolute Gasteiger partial charge is 0.221 e. The first-order chi connectivity index (χ1) is 5.22. The van der Waals surface area contributed by atoms with Gasteiger partial charge in [0.1, 0.15) is 0 Å². The SMILES string of the molecule is N.O=[PH](O)C(O)c1ccccc1. The van der Waals surface area contributed by atoms with E-state index in [9.17, 15) is 4.57 Å². The first kappa shape index (κ1) is 11.3. The van der Waals surface area contributed by atoms with Gasteiger partial charge in [0.2, 0.25) is 8.03 Å². The van der Waals surface area contributed by atoms with Gasteiger partial charge in [-0.15, -0.1) is 0 Å². The van der Waals surface area contributed by atoms with Crippen LogP contribution in [0.3, 0.4) is 0 Å². The molecule has 5 N–H and O–H groups in total. The minimum absolute atomic E-state index is 0. The van der Waals surface area contributed by atoms with Gasteiger partial charge >= 0.3 is 0 Å². The lowest BCUT2D eigenvalue weighted by atomic mass is 10.2. The van der Waals surface area contributed by atoms with Crippen LogP contribution in [0.2, 0.25) is 0 Å². The number of aliphatic hydroxyl groups excluding tert-OH is 1. The van der Waals surface area contributed by atoms with Crippen LogP contribution in [0.15, 0.2) is 30.3 Å². The highest BCUT2D eigenvalue weighted by Crippen LogP contribution is 2.34. The molecule has 68 valence electrons. The Balaban J connectivity index is 0.00000121. The van der Waals surface area contributed by atoms with Crippen LogP contribution >= 0.6 is 8.03 Å². The molecule has 1 rings (SSSR count). The highest BCUT2D eigenvalue weighted by Gasteiger charge is 2.10. The molecule has 0 amide bonds. The molecule has 0 aliphatic carbocycles. The van der Waals surface area contributed by atoms with E-state index in [1.165, 1.54) is 0 Å². The third-order valence-electron chi connectivity index (χ3n) is 1.35. The van der Waals surface area contributed by atoms with Gasteiger partial charge < -0.3 is 16.2 Å². The summed E-state index contributed by atoms with van der Waals surface area (Å²) in [6.45, 7) is 0. The zero-order valence-corrected chi connectivity index (χ0v) is 7.47. The molecular weight excluding hydrogens is 177 g/mol. The average molecular weight is 189 g/mol. The molecule has 2 unspecified atom stereocenters. The third-order valence-corrected chi connectivity index (χ3v) is 2.15. The maximum atomic E-state index is 10.4. The molecule has 0 aliphatic rings. The predicted molar refractivity (Wildman–Crippen MR) is 47.6 cm³/mol. The molecule has 0 spiro atoms. The van der Waals surface area contributed by atoms with Gasteiger partial charge in [0.15, 0.2) is 5.85 Å². The van der Waals surface area contributed by atoms with Crippen molar-refractivity contribution >= 4 is 8.03 Å². The quantitative estimate of drug-likeness (QED) is 0.611. The molecule has 0 saturated carbocycles. The van der Waals surface area contributed by atoms with Crippen LogP contribution in [0.4, 0.5) is 0 Å². The van der Waals surface area contributed by atoms with Crippen molar-refractivity contribution in [3.05, 3.63) is 35.9 Å². The van der Waals surface area contributed by atoms with Gasteiger partial charge in [-0.2, -0.15) is 0 Å². The Kier molecular flexibility index (Phi) is 4.78. The van der Waals surface area contributed by atoms with E-state index >= 15 is 0 Å². The van der Waals surface area contributed by atoms with Gasteiger partial charge in [0, 0.05) is 0 Å². The molecule has 0 aromatic heterocycles. The zero-order chi connectivity index (χ0) is 8.27. The molecular formula is C7H12NO3P. The van der Waals surface area contributed by atoms with Crippen molar-refractivity contribution in [2.75, 3.05) is 0 Å². The summed E-state index contributed by atoms with van der Waals surface area (Å²) in [5, 5.41) is 9.08. The van der Waals surface area contributed by atoms with E-state index in [4.69, 9.17) is 10.00 Å². The molecule has 1 aromatic rings. The summed E-state index contributed by atoms with van der Waals surface area (Å²) < 4.78 is 10.4. The monoisotopic (exact) mass is 189 g/mol. The lowest BCUT2D eigenvalue weighted by molar-refractivity contribution is 0.243. The summed E-state index contributed by atoms with van der Waals surface area (Å²) in [6.07, 6.45) is 0. The number of aliphatic hydroxyl groups is 1. The maximum Gasteiger partial charge on any atom is 0.221 e. The van der Waals surface area contributed by atoms with Gasteiger partial charge in [-0.25, -0.2) is 0 Å². The van der Waals surface area contributed by atoms with Crippen LogP contribution < -0.4 is 6.15 Å². The fraction of sp³-hybridized carbons (Fsp3) is 0.143. The van der Waals surface area contributed by atoms with Gasteiger partial charge in [0.25, 0.3) is 0 Å². The second kappa shape index (κ2) is 5.06. The van der Waals surface area contributed by atoms with Gasteiger partial charge in [-0.05, 0) is 5.56 Å². The maximum absolute atomic E-state index is 10.4. The Labute approximate surface area is 71.3 Å². The topological polar surface area (TPSA) is 92.5 Å². The number of hydrogen-bond donors (Lipinski definition) is 3. The highest BCUT2D eigenvalue weighted by atomic mass is 31.1. The largest absolute Gasteiger partial charge is 0.378 e. The van der Waals surface area contributed by atoms with Gasteiger partial charge in [-0.3, -0.25) is 4.57 Å². The number of hydrogen-bond acceptors (Lipinski definition) is 3. The van der Waals surface area contributed by atoms with Crippen LogP contribution in [-0.2, 0) is 4.57 Å². The van der Waals surface area contributed by atoms with Crippen LogP contribution in [0.25, 0.3) is 0 Å². The van der Waals surface area contributed by atoms with Crippen molar-refractivity contribution < 1.29 is 14.6 Å². The summed E-state index contributed by atoms with van der Waals surface area (Å²) in [6, 6.07) is 8.43. The minimum Gasteiger partial charge on any atom is -0.378 e. The lowest BCUT2D eigenvalue weighted by Gasteiger charge is -2.04. The Hall–Kier alpha value is -0.670. The average Bonchev–Trinajstić information content (AvgIpc) is 2.05. The first-order valence-electron chi connectivity index (χ1n) is 3.17. The van der Waals surface area contributed by atoms with E-state index in [0.717, 1.165) is 0 Å². The molecule has 0 saturated heterocycles. The fourth-order valence-corrected chi connectivity index (χ4v) is 1.26. The van der Waals surface area contributed by atoms with E-state index in [0.29, 0.717) is 5.56 Å². The molecule has 0 fully saturated rings. The van der Waals surface area contributed by atoms with Crippen molar-refractivity contribution in [2.45, 2.75) is 5.85 Å². The minimum atomic E-state index is -2.86. The molecule has 12 heavy (non-hydrogen) atoms. The summed E-state index contributed by atoms with van der Waals surface area (Å²) in [4.78, 5) is 8.57. The van der Waals surface area contributed by atoms with E-state index in [-0.39, 0.29) is 6.15 Å². The molecule has 0 radical (unpaired) electrons. The second-order valence-corrected chi connectivity index (χ2v) is 3.37. The summed E-state index contributed by atoms with van der Waals surface area (Å²) in [5.74, 6) is -1.22. The van der Waals surface area contributed by atoms with Gasteiger partial charge in [-0.1, -0.05) is 30.3 Å². The molecule has 2 atom stereocenters. The molecule has 4 nitrogen and oxygen atoms in total. The molecule has 0 heterocycles. The number of rotatable bonds is 2. The standard InChI is InChI=1S/C7H9O3P.H3N/c8-7(11(9)10)6-4-2-1-3-5-6;/h1-5,7-8,11H,(H,9,10);1H3. The Morgan fingerprint density at radius 2 is 1.75 bits per heavy atom. The van der Waals surface area contributed by atoms with Crippen LogP contribution in [0.1, 0.15) is 11.4 Å². The highest BCUT2D eigenvalue weighted by molar-refractivity contribution is 7.38. The normalized spacial score (nSPS) is 14.5. The third kappa shape index (κ3) is 2.75. The first-order valence-corrected chi connectivity index (χ1v) is 4.61. The van der Waals surface area contributed by atoms with Crippen molar-refractivity contribution in [3.63, 3.8) is 0 Å². The van der Waals surface area contributed by atoms with Crippen molar-refractivity contribution in [2.24, 2.45) is 0 Å². The van der Waals surface area contributed by atoms with Crippen molar-refractivity contribution in [1.29, 1.82) is 0 Å². The Bertz CT molecular complexity index is 252. The zero-order valence-electron chi connectivity index (χ0n) is 6.47. The van der Waals surface area contributed by atoms with Crippen molar-refractivity contribution in [3.8, 4) is 0 Å². The summed E-state index contributed by atoms with van der Waals surface area (Å²) in [7, 11) is -2.86. The van der Waals surface area contributed by atoms with Crippen LogP contribution in [0, 0.1) is 0 Å². The molecule has 0 aliphatic heterocycles. The fourth-order valence-electron chi connectivity index (χ4n) is 0.778. The summed E-state index contributed by atoms with van der Waals surface area (Å²) >= 11 is 0. The second-order valence-electron chi connectivity index (χ2n) is 2.15. The Morgan fingerprint density at radius 1 is 1.25 bits per heavy atom. The summed E-state index contributed by atoms with van der Waals surface area (Å²) in [5.41, 5.74) is 0.485. The van der Waals surface area contributed by atoms with E-state index < -0.39 is 13.9 Å². The van der Waals surface area contributed by atoms with E-state index in [2.05, 4.69) is 0 Å². The molecule has 1 aromatic carbocycles. The van der Waals surface area contributed by atoms with Crippen LogP contribution in [-0.4, -0.2) is 10.00 Å². The lowest BCUT2D eigenvalue weighted by Crippen LogP contribution is -1.89. The van der Waals surface area contributed by atoms with Gasteiger partial charge in [0.05, 0.1) is 0 Å². The Morgan fingerprint density at radius 3 is 2.17 bits per heavy atom. The van der Waals surface area contributed by atoms with Crippen molar-refractivity contribution in [1.82, 2.24) is 6.15 Å².